The summed E-state index contributed by atoms with van der Waals surface area (Å²) in [5.74, 6) is 5.40. The molecule has 2 unspecified atom stereocenters. The van der Waals surface area contributed by atoms with E-state index < -0.39 is 5.72 Å². The highest BCUT2D eigenvalue weighted by molar-refractivity contribution is 5.35. The standard InChI is InChI=1S/C29H37NO4/c1-2-21-32-29(24-13-9-6-4-3-5-7-10-14-24)22-28(34-30-29)23-31-25-17-19-27(20-18-25)33-26-15-11-8-12-16-26/h1,8,11-12,15-20,24,28,30H,3-7,9-10,13-14,21-23H2. The second-order valence-electron chi connectivity index (χ2n) is 9.38. The van der Waals surface area contributed by atoms with Gasteiger partial charge in [-0.2, -0.15) is 5.48 Å². The molecular weight excluding hydrogens is 426 g/mol. The van der Waals surface area contributed by atoms with E-state index in [1.54, 1.807) is 0 Å². The second-order valence-corrected chi connectivity index (χ2v) is 9.38. The Balaban J connectivity index is 1.32. The van der Waals surface area contributed by atoms with Gasteiger partial charge < -0.3 is 14.2 Å². The molecule has 182 valence electrons. The van der Waals surface area contributed by atoms with Crippen LogP contribution in [0.3, 0.4) is 0 Å². The highest BCUT2D eigenvalue weighted by atomic mass is 16.7. The van der Waals surface area contributed by atoms with Crippen LogP contribution >= 0.6 is 0 Å². The van der Waals surface area contributed by atoms with Gasteiger partial charge >= 0.3 is 0 Å². The first kappa shape index (κ1) is 24.6. The molecule has 1 saturated heterocycles. The van der Waals surface area contributed by atoms with E-state index in [0.29, 0.717) is 12.5 Å². The van der Waals surface area contributed by atoms with E-state index in [1.165, 1.54) is 44.9 Å². The quantitative estimate of drug-likeness (QED) is 0.445. The fraction of sp³-hybridized carbons (Fsp3) is 0.517. The Morgan fingerprint density at radius 3 is 2.15 bits per heavy atom. The summed E-state index contributed by atoms with van der Waals surface area (Å²) in [6.07, 6.45) is 17.5. The van der Waals surface area contributed by atoms with Crippen LogP contribution in [0, 0.1) is 18.3 Å². The number of nitrogens with one attached hydrogen (secondary N) is 1. The van der Waals surface area contributed by atoms with Crippen molar-refractivity contribution in [3.63, 3.8) is 0 Å². The van der Waals surface area contributed by atoms with Crippen LogP contribution < -0.4 is 15.0 Å². The third-order valence-corrected chi connectivity index (χ3v) is 6.85. The molecule has 1 aliphatic heterocycles. The number of terminal acetylenes is 1. The summed E-state index contributed by atoms with van der Waals surface area (Å²) < 4.78 is 18.2. The van der Waals surface area contributed by atoms with Crippen molar-refractivity contribution in [3.05, 3.63) is 54.6 Å². The van der Waals surface area contributed by atoms with Crippen molar-refractivity contribution in [3.8, 4) is 29.6 Å². The summed E-state index contributed by atoms with van der Waals surface area (Å²) in [5.41, 5.74) is 2.73. The van der Waals surface area contributed by atoms with Crippen LogP contribution in [-0.2, 0) is 9.57 Å². The minimum Gasteiger partial charge on any atom is -0.491 e. The fourth-order valence-corrected chi connectivity index (χ4v) is 5.02. The summed E-state index contributed by atoms with van der Waals surface area (Å²) in [5, 5.41) is 0. The Morgan fingerprint density at radius 2 is 1.47 bits per heavy atom. The lowest BCUT2D eigenvalue weighted by Crippen LogP contribution is -2.49. The average Bonchev–Trinajstić information content (AvgIpc) is 3.30. The lowest BCUT2D eigenvalue weighted by atomic mass is 9.82. The fourth-order valence-electron chi connectivity index (χ4n) is 5.02. The molecule has 0 spiro atoms. The third-order valence-electron chi connectivity index (χ3n) is 6.85. The van der Waals surface area contributed by atoms with E-state index in [1.807, 2.05) is 54.6 Å². The predicted octanol–water partition coefficient (Wildman–Crippen LogP) is 6.64. The van der Waals surface area contributed by atoms with Crippen molar-refractivity contribution in [2.75, 3.05) is 13.2 Å². The van der Waals surface area contributed by atoms with Crippen molar-refractivity contribution in [2.24, 2.45) is 5.92 Å². The number of hydrogen-bond donors (Lipinski definition) is 1. The Labute approximate surface area is 204 Å². The van der Waals surface area contributed by atoms with Crippen LogP contribution in [0.1, 0.15) is 64.2 Å². The predicted molar refractivity (Wildman–Crippen MR) is 134 cm³/mol. The molecule has 0 amide bonds. The van der Waals surface area contributed by atoms with Gasteiger partial charge in [0.25, 0.3) is 0 Å². The molecule has 2 aromatic carbocycles. The maximum absolute atomic E-state index is 6.26. The minimum atomic E-state index is -0.535. The monoisotopic (exact) mass is 463 g/mol. The van der Waals surface area contributed by atoms with Crippen molar-refractivity contribution in [2.45, 2.75) is 76.0 Å². The molecule has 5 nitrogen and oxygen atoms in total. The number of hydrogen-bond acceptors (Lipinski definition) is 5. The van der Waals surface area contributed by atoms with Crippen LogP contribution in [0.25, 0.3) is 0 Å². The summed E-state index contributed by atoms with van der Waals surface area (Å²) in [6.45, 7) is 0.725. The molecule has 1 heterocycles. The molecule has 1 saturated carbocycles. The molecule has 1 aliphatic carbocycles. The Kier molecular flexibility index (Phi) is 9.27. The van der Waals surface area contributed by atoms with Crippen LogP contribution in [0.4, 0.5) is 0 Å². The number of ether oxygens (including phenoxy) is 3. The van der Waals surface area contributed by atoms with Gasteiger partial charge in [-0.3, -0.25) is 4.84 Å². The first-order valence-corrected chi connectivity index (χ1v) is 12.7. The summed E-state index contributed by atoms with van der Waals surface area (Å²) in [6, 6.07) is 17.4. The van der Waals surface area contributed by atoms with Crippen LogP contribution in [0.15, 0.2) is 54.6 Å². The van der Waals surface area contributed by atoms with Gasteiger partial charge in [0.2, 0.25) is 0 Å². The summed E-state index contributed by atoms with van der Waals surface area (Å²) >= 11 is 0. The molecule has 0 radical (unpaired) electrons. The number of hydroxylamine groups is 1. The number of para-hydroxylation sites is 1. The lowest BCUT2D eigenvalue weighted by molar-refractivity contribution is -0.139. The molecular formula is C29H37NO4. The molecule has 1 N–H and O–H groups in total. The topological polar surface area (TPSA) is 49.0 Å². The Bertz CT molecular complexity index is 885. The first-order valence-electron chi connectivity index (χ1n) is 12.7. The van der Waals surface area contributed by atoms with Crippen LogP contribution in [-0.4, -0.2) is 25.0 Å². The normalized spacial score (nSPS) is 24.3. The molecule has 2 fully saturated rings. The Hall–Kier alpha value is -2.52. The second kappa shape index (κ2) is 12.8. The SMILES string of the molecule is C#CCOC1(C2CCCCCCCCC2)CC(COc2ccc(Oc3ccccc3)cc2)ON1. The van der Waals surface area contributed by atoms with Crippen molar-refractivity contribution < 1.29 is 19.0 Å². The van der Waals surface area contributed by atoms with E-state index >= 15 is 0 Å². The lowest BCUT2D eigenvalue weighted by Gasteiger charge is -2.36. The first-order chi connectivity index (χ1) is 16.8. The zero-order chi connectivity index (χ0) is 23.5. The molecule has 5 heteroatoms. The molecule has 2 atom stereocenters. The molecule has 2 aromatic rings. The maximum atomic E-state index is 6.26. The zero-order valence-electron chi connectivity index (χ0n) is 20.0. The van der Waals surface area contributed by atoms with Gasteiger partial charge in [0.1, 0.15) is 42.3 Å². The van der Waals surface area contributed by atoms with Gasteiger partial charge in [0.15, 0.2) is 0 Å². The molecule has 4 rings (SSSR count). The smallest absolute Gasteiger partial charge is 0.147 e. The summed E-state index contributed by atoms with van der Waals surface area (Å²) in [4.78, 5) is 5.98. The largest absolute Gasteiger partial charge is 0.491 e. The van der Waals surface area contributed by atoms with Gasteiger partial charge in [-0.25, -0.2) is 0 Å². The van der Waals surface area contributed by atoms with Gasteiger partial charge in [-0.15, -0.1) is 6.42 Å². The molecule has 0 aromatic heterocycles. The third kappa shape index (κ3) is 6.99. The molecule has 2 aliphatic rings. The maximum Gasteiger partial charge on any atom is 0.147 e. The van der Waals surface area contributed by atoms with Gasteiger partial charge in [-0.05, 0) is 49.2 Å². The Morgan fingerprint density at radius 1 is 0.853 bits per heavy atom. The highest BCUT2D eigenvalue weighted by Crippen LogP contribution is 2.38. The highest BCUT2D eigenvalue weighted by Gasteiger charge is 2.47. The number of rotatable bonds is 8. The van der Waals surface area contributed by atoms with E-state index in [9.17, 15) is 0 Å². The van der Waals surface area contributed by atoms with E-state index in [4.69, 9.17) is 25.5 Å². The van der Waals surface area contributed by atoms with Crippen molar-refractivity contribution in [1.29, 1.82) is 0 Å². The van der Waals surface area contributed by atoms with E-state index in [2.05, 4.69) is 11.4 Å². The van der Waals surface area contributed by atoms with Crippen LogP contribution in [0.5, 0.6) is 17.2 Å². The van der Waals surface area contributed by atoms with Crippen molar-refractivity contribution >= 4 is 0 Å². The van der Waals surface area contributed by atoms with E-state index in [0.717, 1.165) is 36.5 Å². The van der Waals surface area contributed by atoms with Crippen LogP contribution in [0.2, 0.25) is 0 Å². The molecule has 34 heavy (non-hydrogen) atoms. The zero-order valence-corrected chi connectivity index (χ0v) is 20.0. The summed E-state index contributed by atoms with van der Waals surface area (Å²) in [7, 11) is 0. The average molecular weight is 464 g/mol. The van der Waals surface area contributed by atoms with Gasteiger partial charge in [-0.1, -0.05) is 69.1 Å². The number of benzene rings is 2. The minimum absolute atomic E-state index is 0.103. The van der Waals surface area contributed by atoms with Gasteiger partial charge in [0.05, 0.1) is 0 Å². The molecule has 0 bridgehead atoms. The van der Waals surface area contributed by atoms with Crippen molar-refractivity contribution in [1.82, 2.24) is 5.48 Å². The van der Waals surface area contributed by atoms with Gasteiger partial charge in [0, 0.05) is 12.3 Å². The van der Waals surface area contributed by atoms with E-state index in [-0.39, 0.29) is 12.7 Å².